The molecule has 0 aromatic heterocycles. The molecule has 0 saturated heterocycles. The largest absolute Gasteiger partial charge is 0.481 e. The van der Waals surface area contributed by atoms with Crippen molar-refractivity contribution >= 4 is 18.0 Å². The fourth-order valence-electron chi connectivity index (χ4n) is 3.70. The summed E-state index contributed by atoms with van der Waals surface area (Å²) in [4.78, 5) is 35.9. The van der Waals surface area contributed by atoms with Gasteiger partial charge in [-0.25, -0.2) is 4.79 Å². The third-order valence-electron chi connectivity index (χ3n) is 5.11. The molecule has 1 unspecified atom stereocenters. The van der Waals surface area contributed by atoms with Crippen LogP contribution in [0.1, 0.15) is 23.5 Å². The molecule has 8 nitrogen and oxygen atoms in total. The predicted octanol–water partition coefficient (Wildman–Crippen LogP) is 2.69. The van der Waals surface area contributed by atoms with Crippen molar-refractivity contribution in [3.63, 3.8) is 0 Å². The average molecular weight is 438 g/mol. The molecule has 0 fully saturated rings. The molecule has 3 rings (SSSR count). The van der Waals surface area contributed by atoms with Gasteiger partial charge in [0.25, 0.3) is 0 Å². The molecule has 3 N–H and O–H groups in total. The van der Waals surface area contributed by atoms with Crippen LogP contribution < -0.4 is 10.6 Å². The van der Waals surface area contributed by atoms with Crippen LogP contribution in [-0.2, 0) is 19.1 Å². The van der Waals surface area contributed by atoms with Gasteiger partial charge in [0.05, 0.1) is 19.6 Å². The third-order valence-corrected chi connectivity index (χ3v) is 5.11. The van der Waals surface area contributed by atoms with Crippen LogP contribution in [0.4, 0.5) is 4.79 Å². The minimum absolute atomic E-state index is 0.0661. The standard InChI is InChI=1S/C24H26N2O6/c1-2-12-31-13-11-25-23(29)21(14-22(27)28)26-24(30)32-15-20-18-9-5-3-7-16(18)17-8-4-6-10-19(17)20/h2-10,20-21H,1,11-15H2,(H,25,29)(H,26,30)(H,27,28). The molecule has 2 aromatic carbocycles. The smallest absolute Gasteiger partial charge is 0.407 e. The van der Waals surface area contributed by atoms with Gasteiger partial charge in [-0.2, -0.15) is 0 Å². The van der Waals surface area contributed by atoms with Gasteiger partial charge in [-0.1, -0.05) is 54.6 Å². The SMILES string of the molecule is C=CCOCCNC(=O)C(CC(=O)O)NC(=O)OCC1c2ccccc2-c2ccccc21. The fourth-order valence-corrected chi connectivity index (χ4v) is 3.70. The summed E-state index contributed by atoms with van der Waals surface area (Å²) in [6.45, 7) is 4.34. The normalized spacial score (nSPS) is 12.9. The lowest BCUT2D eigenvalue weighted by molar-refractivity contribution is -0.139. The summed E-state index contributed by atoms with van der Waals surface area (Å²) in [5.74, 6) is -1.97. The number of amides is 2. The van der Waals surface area contributed by atoms with Crippen molar-refractivity contribution < 1.29 is 29.0 Å². The van der Waals surface area contributed by atoms with E-state index in [-0.39, 0.29) is 25.7 Å². The molecule has 8 heteroatoms. The van der Waals surface area contributed by atoms with Gasteiger partial charge in [-0.3, -0.25) is 9.59 Å². The highest BCUT2D eigenvalue weighted by molar-refractivity contribution is 5.89. The average Bonchev–Trinajstić information content (AvgIpc) is 3.10. The van der Waals surface area contributed by atoms with Crippen LogP contribution in [0.5, 0.6) is 0 Å². The summed E-state index contributed by atoms with van der Waals surface area (Å²) in [6, 6.07) is 14.6. The monoisotopic (exact) mass is 438 g/mol. The van der Waals surface area contributed by atoms with Crippen molar-refractivity contribution in [3.8, 4) is 11.1 Å². The van der Waals surface area contributed by atoms with Crippen LogP contribution in [0, 0.1) is 0 Å². The van der Waals surface area contributed by atoms with Crippen LogP contribution in [0.25, 0.3) is 11.1 Å². The molecular weight excluding hydrogens is 412 g/mol. The van der Waals surface area contributed by atoms with E-state index >= 15 is 0 Å². The number of rotatable bonds is 11. The Kier molecular flexibility index (Phi) is 7.99. The summed E-state index contributed by atoms with van der Waals surface area (Å²) >= 11 is 0. The second-order valence-corrected chi connectivity index (χ2v) is 7.27. The quantitative estimate of drug-likeness (QED) is 0.367. The van der Waals surface area contributed by atoms with E-state index in [2.05, 4.69) is 17.2 Å². The number of benzene rings is 2. The predicted molar refractivity (Wildman–Crippen MR) is 118 cm³/mol. The first-order valence-corrected chi connectivity index (χ1v) is 10.3. The van der Waals surface area contributed by atoms with Gasteiger partial charge in [0.15, 0.2) is 0 Å². The molecule has 0 aliphatic heterocycles. The number of carbonyl (C=O) groups excluding carboxylic acids is 2. The number of nitrogens with one attached hydrogen (secondary N) is 2. The number of carboxylic acid groups (broad SMARTS) is 1. The zero-order chi connectivity index (χ0) is 22.9. The summed E-state index contributed by atoms with van der Waals surface area (Å²) in [6.07, 6.45) is 0.160. The van der Waals surface area contributed by atoms with Crippen LogP contribution in [0.2, 0.25) is 0 Å². The van der Waals surface area contributed by atoms with E-state index in [4.69, 9.17) is 14.6 Å². The Bertz CT molecular complexity index is 944. The number of hydrogen-bond acceptors (Lipinski definition) is 5. The highest BCUT2D eigenvalue weighted by Crippen LogP contribution is 2.44. The van der Waals surface area contributed by atoms with E-state index in [1.807, 2.05) is 48.5 Å². The highest BCUT2D eigenvalue weighted by atomic mass is 16.5. The van der Waals surface area contributed by atoms with E-state index < -0.39 is 30.4 Å². The maximum absolute atomic E-state index is 12.4. The molecule has 1 aliphatic carbocycles. The Morgan fingerprint density at radius 3 is 2.28 bits per heavy atom. The topological polar surface area (TPSA) is 114 Å². The molecule has 2 aromatic rings. The molecule has 2 amide bonds. The molecule has 1 aliphatic rings. The van der Waals surface area contributed by atoms with Gasteiger partial charge in [-0.05, 0) is 22.3 Å². The number of alkyl carbamates (subject to hydrolysis) is 1. The lowest BCUT2D eigenvalue weighted by atomic mass is 9.98. The molecular formula is C24H26N2O6. The first-order chi connectivity index (χ1) is 15.5. The van der Waals surface area contributed by atoms with Crippen molar-refractivity contribution in [2.45, 2.75) is 18.4 Å². The third kappa shape index (κ3) is 5.73. The Labute approximate surface area is 186 Å². The van der Waals surface area contributed by atoms with E-state index in [1.54, 1.807) is 6.08 Å². The molecule has 0 bridgehead atoms. The maximum Gasteiger partial charge on any atom is 0.407 e. The molecule has 168 valence electrons. The van der Waals surface area contributed by atoms with Gasteiger partial charge in [0.1, 0.15) is 12.6 Å². The second-order valence-electron chi connectivity index (χ2n) is 7.27. The van der Waals surface area contributed by atoms with E-state index in [0.29, 0.717) is 6.61 Å². The first-order valence-electron chi connectivity index (χ1n) is 10.3. The van der Waals surface area contributed by atoms with Gasteiger partial charge in [0, 0.05) is 12.5 Å². The van der Waals surface area contributed by atoms with Crippen LogP contribution in [-0.4, -0.2) is 55.5 Å². The Morgan fingerprint density at radius 1 is 1.06 bits per heavy atom. The van der Waals surface area contributed by atoms with E-state index in [0.717, 1.165) is 22.3 Å². The molecule has 1 atom stereocenters. The summed E-state index contributed by atoms with van der Waals surface area (Å²) in [5.41, 5.74) is 4.31. The zero-order valence-electron chi connectivity index (χ0n) is 17.6. The molecule has 0 heterocycles. The summed E-state index contributed by atoms with van der Waals surface area (Å²) in [7, 11) is 0. The van der Waals surface area contributed by atoms with E-state index in [9.17, 15) is 14.4 Å². The lowest BCUT2D eigenvalue weighted by Crippen LogP contribution is -2.48. The van der Waals surface area contributed by atoms with Crippen molar-refractivity contribution in [2.75, 3.05) is 26.4 Å². The molecule has 32 heavy (non-hydrogen) atoms. The molecule has 0 radical (unpaired) electrons. The maximum atomic E-state index is 12.4. The summed E-state index contributed by atoms with van der Waals surface area (Å²) in [5, 5.41) is 14.0. The Morgan fingerprint density at radius 2 is 1.69 bits per heavy atom. The number of fused-ring (bicyclic) bond motifs is 3. The molecule has 0 saturated carbocycles. The van der Waals surface area contributed by atoms with E-state index in [1.165, 1.54) is 0 Å². The Hall–Kier alpha value is -3.65. The van der Waals surface area contributed by atoms with Gasteiger partial charge in [-0.15, -0.1) is 6.58 Å². The summed E-state index contributed by atoms with van der Waals surface area (Å²) < 4.78 is 10.6. The van der Waals surface area contributed by atoms with Crippen molar-refractivity contribution in [1.82, 2.24) is 10.6 Å². The highest BCUT2D eigenvalue weighted by Gasteiger charge is 2.30. The van der Waals surface area contributed by atoms with Gasteiger partial charge < -0.3 is 25.2 Å². The number of aliphatic carboxylic acids is 1. The fraction of sp³-hybridized carbons (Fsp3) is 0.292. The lowest BCUT2D eigenvalue weighted by Gasteiger charge is -2.18. The number of carbonyl (C=O) groups is 3. The van der Waals surface area contributed by atoms with Crippen LogP contribution in [0.3, 0.4) is 0 Å². The molecule has 0 spiro atoms. The van der Waals surface area contributed by atoms with Gasteiger partial charge >= 0.3 is 12.1 Å². The minimum atomic E-state index is -1.26. The second kappa shape index (κ2) is 11.1. The van der Waals surface area contributed by atoms with Gasteiger partial charge in [0.2, 0.25) is 5.91 Å². The van der Waals surface area contributed by atoms with Crippen molar-refractivity contribution in [2.24, 2.45) is 0 Å². The number of ether oxygens (including phenoxy) is 2. The number of carboxylic acids is 1. The zero-order valence-corrected chi connectivity index (χ0v) is 17.6. The van der Waals surface area contributed by atoms with Crippen LogP contribution >= 0.6 is 0 Å². The van der Waals surface area contributed by atoms with Crippen LogP contribution in [0.15, 0.2) is 61.2 Å². The minimum Gasteiger partial charge on any atom is -0.481 e. The Balaban J connectivity index is 1.59. The van der Waals surface area contributed by atoms with Crippen molar-refractivity contribution in [1.29, 1.82) is 0 Å². The van der Waals surface area contributed by atoms with Crippen molar-refractivity contribution in [3.05, 3.63) is 72.3 Å². The first kappa shape index (κ1) is 23.0. The number of hydrogen-bond donors (Lipinski definition) is 3.